The highest BCUT2D eigenvalue weighted by molar-refractivity contribution is 5.50. The molecule has 3 rings (SSSR count). The van der Waals surface area contributed by atoms with Gasteiger partial charge in [-0.05, 0) is 0 Å². The minimum absolute atomic E-state index is 0.291. The lowest BCUT2D eigenvalue weighted by molar-refractivity contribution is -0.142. The number of hydrogen-bond acceptors (Lipinski definition) is 6. The van der Waals surface area contributed by atoms with Gasteiger partial charge in [-0.15, -0.1) is 0 Å². The van der Waals surface area contributed by atoms with E-state index in [-0.39, 0.29) is 0 Å². The van der Waals surface area contributed by atoms with E-state index < -0.39 is 18.9 Å². The van der Waals surface area contributed by atoms with Gasteiger partial charge in [0.1, 0.15) is 18.0 Å². The fourth-order valence-electron chi connectivity index (χ4n) is 2.98. The lowest BCUT2D eigenvalue weighted by Crippen LogP contribution is -2.51. The molecule has 140 valence electrons. The molecule has 0 radical (unpaired) electrons. The molecule has 0 aliphatic carbocycles. The molecule has 10 heteroatoms. The van der Waals surface area contributed by atoms with Crippen LogP contribution < -0.4 is 9.80 Å². The van der Waals surface area contributed by atoms with E-state index in [0.29, 0.717) is 39.4 Å². The summed E-state index contributed by atoms with van der Waals surface area (Å²) < 4.78 is 56.3. The highest BCUT2D eigenvalue weighted by Gasteiger charge is 2.42. The Hall–Kier alpha value is -1.68. The molecule has 3 heterocycles. The number of halogens is 4. The van der Waals surface area contributed by atoms with Crippen molar-refractivity contribution in [1.82, 2.24) is 14.9 Å². The summed E-state index contributed by atoms with van der Waals surface area (Å²) in [6, 6.07) is 1.87. The van der Waals surface area contributed by atoms with E-state index in [0.717, 1.165) is 24.7 Å². The zero-order valence-corrected chi connectivity index (χ0v) is 13.8. The third kappa shape index (κ3) is 4.49. The van der Waals surface area contributed by atoms with Crippen LogP contribution in [0.1, 0.15) is 0 Å². The van der Waals surface area contributed by atoms with Crippen LogP contribution in [-0.2, 0) is 4.74 Å². The summed E-state index contributed by atoms with van der Waals surface area (Å²) in [5.74, 6) is -2.45. The highest BCUT2D eigenvalue weighted by atomic mass is 19.3. The van der Waals surface area contributed by atoms with Crippen LogP contribution in [0.15, 0.2) is 12.4 Å². The second-order valence-electron chi connectivity index (χ2n) is 6.16. The van der Waals surface area contributed by atoms with Gasteiger partial charge >= 0.3 is 12.3 Å². The molecule has 2 aliphatic rings. The number of anilines is 2. The maximum Gasteiger partial charge on any atom is 0.319 e. The van der Waals surface area contributed by atoms with E-state index in [1.54, 1.807) is 0 Å². The SMILES string of the molecule is FC(F)C(F)(F)CN1CCN(c2cc(N3CCOCC3)ncn2)CC1. The third-order valence-electron chi connectivity index (χ3n) is 4.42. The molecule has 2 fully saturated rings. The summed E-state index contributed by atoms with van der Waals surface area (Å²) in [6.45, 7) is 3.39. The van der Waals surface area contributed by atoms with Crippen LogP contribution in [-0.4, -0.2) is 86.2 Å². The van der Waals surface area contributed by atoms with Gasteiger partial charge in [0.25, 0.3) is 0 Å². The van der Waals surface area contributed by atoms with Gasteiger partial charge in [-0.2, -0.15) is 8.78 Å². The summed E-state index contributed by atoms with van der Waals surface area (Å²) in [6.07, 6.45) is -2.15. The highest BCUT2D eigenvalue weighted by Crippen LogP contribution is 2.25. The maximum absolute atomic E-state index is 13.2. The van der Waals surface area contributed by atoms with E-state index in [1.165, 1.54) is 11.2 Å². The number of ether oxygens (including phenoxy) is 1. The smallest absolute Gasteiger partial charge is 0.319 e. The molecule has 2 aliphatic heterocycles. The van der Waals surface area contributed by atoms with Crippen LogP contribution >= 0.6 is 0 Å². The molecule has 0 amide bonds. The van der Waals surface area contributed by atoms with Crippen LogP contribution in [0, 0.1) is 0 Å². The lowest BCUT2D eigenvalue weighted by Gasteiger charge is -2.37. The van der Waals surface area contributed by atoms with Gasteiger partial charge in [-0.25, -0.2) is 18.7 Å². The Balaban J connectivity index is 1.57. The van der Waals surface area contributed by atoms with Crippen LogP contribution in [0.5, 0.6) is 0 Å². The Labute approximate surface area is 143 Å². The van der Waals surface area contributed by atoms with Crippen molar-refractivity contribution < 1.29 is 22.3 Å². The molecule has 0 saturated carbocycles. The Kier molecular flexibility index (Phi) is 5.57. The van der Waals surface area contributed by atoms with Gasteiger partial charge in [0.15, 0.2) is 0 Å². The molecule has 6 nitrogen and oxygen atoms in total. The van der Waals surface area contributed by atoms with Gasteiger partial charge < -0.3 is 14.5 Å². The normalized spacial score (nSPS) is 20.4. The number of alkyl halides is 4. The van der Waals surface area contributed by atoms with Crippen molar-refractivity contribution in [2.24, 2.45) is 0 Å². The second kappa shape index (κ2) is 7.69. The summed E-state index contributed by atoms with van der Waals surface area (Å²) in [7, 11) is 0. The van der Waals surface area contributed by atoms with E-state index in [1.807, 2.05) is 11.0 Å². The molecule has 0 unspecified atom stereocenters. The topological polar surface area (TPSA) is 44.7 Å². The summed E-state index contributed by atoms with van der Waals surface area (Å²) in [5, 5.41) is 0. The quantitative estimate of drug-likeness (QED) is 0.736. The van der Waals surface area contributed by atoms with E-state index >= 15 is 0 Å². The first kappa shape index (κ1) is 18.1. The zero-order valence-electron chi connectivity index (χ0n) is 13.8. The monoisotopic (exact) mass is 363 g/mol. The lowest BCUT2D eigenvalue weighted by atomic mass is 10.2. The first-order valence-electron chi connectivity index (χ1n) is 8.24. The van der Waals surface area contributed by atoms with Crippen molar-refractivity contribution in [3.63, 3.8) is 0 Å². The first-order valence-corrected chi connectivity index (χ1v) is 8.24. The van der Waals surface area contributed by atoms with Gasteiger partial charge in [-0.1, -0.05) is 0 Å². The Bertz CT molecular complexity index is 563. The fourth-order valence-corrected chi connectivity index (χ4v) is 2.98. The molecule has 0 atom stereocenters. The summed E-state index contributed by atoms with van der Waals surface area (Å²) in [5.41, 5.74) is 0. The largest absolute Gasteiger partial charge is 0.378 e. The molecule has 0 N–H and O–H groups in total. The molecule has 1 aromatic heterocycles. The predicted molar refractivity (Wildman–Crippen MR) is 84.7 cm³/mol. The summed E-state index contributed by atoms with van der Waals surface area (Å²) >= 11 is 0. The van der Waals surface area contributed by atoms with Crippen molar-refractivity contribution in [3.05, 3.63) is 12.4 Å². The maximum atomic E-state index is 13.2. The number of hydrogen-bond donors (Lipinski definition) is 0. The van der Waals surface area contributed by atoms with Crippen LogP contribution in [0.3, 0.4) is 0 Å². The number of rotatable bonds is 5. The molecule has 0 spiro atoms. The van der Waals surface area contributed by atoms with Crippen molar-refractivity contribution in [2.45, 2.75) is 12.3 Å². The second-order valence-corrected chi connectivity index (χ2v) is 6.16. The van der Waals surface area contributed by atoms with E-state index in [2.05, 4.69) is 14.9 Å². The van der Waals surface area contributed by atoms with Gasteiger partial charge in [-0.3, -0.25) is 4.90 Å². The summed E-state index contributed by atoms with van der Waals surface area (Å²) in [4.78, 5) is 14.0. The third-order valence-corrected chi connectivity index (χ3v) is 4.42. The van der Waals surface area contributed by atoms with Gasteiger partial charge in [0, 0.05) is 45.3 Å². The minimum Gasteiger partial charge on any atom is -0.378 e. The van der Waals surface area contributed by atoms with E-state index in [4.69, 9.17) is 4.74 Å². The Morgan fingerprint density at radius 3 is 2.08 bits per heavy atom. The van der Waals surface area contributed by atoms with Crippen LogP contribution in [0.4, 0.5) is 29.2 Å². The number of piperazine rings is 1. The first-order chi connectivity index (χ1) is 12.0. The molecule has 2 saturated heterocycles. The fraction of sp³-hybridized carbons (Fsp3) is 0.733. The average molecular weight is 363 g/mol. The number of nitrogens with zero attached hydrogens (tertiary/aromatic N) is 5. The van der Waals surface area contributed by atoms with Crippen molar-refractivity contribution in [1.29, 1.82) is 0 Å². The Morgan fingerprint density at radius 1 is 0.960 bits per heavy atom. The number of aromatic nitrogens is 2. The molecule has 25 heavy (non-hydrogen) atoms. The molecular formula is C15H21F4N5O. The molecule has 0 aromatic carbocycles. The van der Waals surface area contributed by atoms with Crippen LogP contribution in [0.2, 0.25) is 0 Å². The standard InChI is InChI=1S/C15H21F4N5O/c16-14(17)15(18,19)10-22-1-3-23(4-2-22)12-9-13(21-11-20-12)24-5-7-25-8-6-24/h9,11,14H,1-8,10H2. The predicted octanol–water partition coefficient (Wildman–Crippen LogP) is 1.34. The average Bonchev–Trinajstić information content (AvgIpc) is 2.63. The van der Waals surface area contributed by atoms with Crippen LogP contribution in [0.25, 0.3) is 0 Å². The minimum atomic E-state index is -3.97. The zero-order chi connectivity index (χ0) is 17.9. The van der Waals surface area contributed by atoms with Crippen molar-refractivity contribution >= 4 is 11.6 Å². The van der Waals surface area contributed by atoms with Crippen molar-refractivity contribution in [3.8, 4) is 0 Å². The molecule has 1 aromatic rings. The van der Waals surface area contributed by atoms with E-state index in [9.17, 15) is 17.6 Å². The van der Waals surface area contributed by atoms with Gasteiger partial charge in [0.05, 0.1) is 19.8 Å². The Morgan fingerprint density at radius 2 is 1.52 bits per heavy atom. The van der Waals surface area contributed by atoms with Crippen molar-refractivity contribution in [2.75, 3.05) is 68.8 Å². The molecule has 0 bridgehead atoms. The molecular weight excluding hydrogens is 342 g/mol. The number of morpholine rings is 1. The van der Waals surface area contributed by atoms with Gasteiger partial charge in [0.2, 0.25) is 0 Å².